The zero-order valence-corrected chi connectivity index (χ0v) is 8.86. The molecule has 4 fully saturated rings. The van der Waals surface area contributed by atoms with E-state index in [0.29, 0.717) is 18.2 Å². The number of hydrogen-bond donors (Lipinski definition) is 1. The topological polar surface area (TPSA) is 38.5 Å². The highest BCUT2D eigenvalue weighted by Crippen LogP contribution is 2.42. The first-order valence-corrected chi connectivity index (χ1v) is 5.88. The second-order valence-electron chi connectivity index (χ2n) is 5.20. The molecule has 4 rings (SSSR count). The summed E-state index contributed by atoms with van der Waals surface area (Å²) in [7, 11) is 0. The van der Waals surface area contributed by atoms with Crippen LogP contribution in [-0.4, -0.2) is 42.3 Å². The largest absolute Gasteiger partial charge is 0.378 e. The number of rotatable bonds is 1. The van der Waals surface area contributed by atoms with Crippen LogP contribution in [0.2, 0.25) is 0 Å². The van der Waals surface area contributed by atoms with Crippen molar-refractivity contribution in [3.8, 4) is 0 Å². The first-order valence-electron chi connectivity index (χ1n) is 5.88. The van der Waals surface area contributed by atoms with Crippen LogP contribution in [0, 0.1) is 5.92 Å². The van der Waals surface area contributed by atoms with Crippen molar-refractivity contribution < 1.29 is 4.74 Å². The van der Waals surface area contributed by atoms with Gasteiger partial charge in [-0.05, 0) is 32.1 Å². The van der Waals surface area contributed by atoms with Gasteiger partial charge in [-0.3, -0.25) is 4.90 Å². The molecule has 1 aliphatic carbocycles. The third-order valence-corrected chi connectivity index (χ3v) is 4.33. The Kier molecular flexibility index (Phi) is 2.08. The van der Waals surface area contributed by atoms with Crippen LogP contribution in [0.25, 0.3) is 0 Å². The van der Waals surface area contributed by atoms with Crippen LogP contribution in [0.3, 0.4) is 0 Å². The minimum atomic E-state index is 0.447. The second-order valence-corrected chi connectivity index (χ2v) is 5.20. The number of nitrogens with two attached hydrogens (primary N) is 1. The Labute approximate surface area is 85.6 Å². The van der Waals surface area contributed by atoms with Gasteiger partial charge < -0.3 is 10.5 Å². The van der Waals surface area contributed by atoms with Crippen molar-refractivity contribution in [2.75, 3.05) is 13.2 Å². The Morgan fingerprint density at radius 2 is 2.21 bits per heavy atom. The highest BCUT2D eigenvalue weighted by molar-refractivity contribution is 5.09. The molecule has 3 saturated heterocycles. The number of ether oxygens (including phenoxy) is 1. The maximum Gasteiger partial charge on any atom is 0.0561 e. The summed E-state index contributed by atoms with van der Waals surface area (Å²) in [6.45, 7) is 4.38. The fourth-order valence-corrected chi connectivity index (χ4v) is 3.40. The van der Waals surface area contributed by atoms with E-state index in [9.17, 15) is 0 Å². The lowest BCUT2D eigenvalue weighted by Gasteiger charge is -2.39. The molecular weight excluding hydrogens is 176 g/mol. The van der Waals surface area contributed by atoms with Crippen molar-refractivity contribution in [2.45, 2.75) is 50.4 Å². The number of fused-ring (bicyclic) bond motifs is 1. The van der Waals surface area contributed by atoms with E-state index in [4.69, 9.17) is 10.5 Å². The first-order chi connectivity index (χ1) is 6.75. The minimum absolute atomic E-state index is 0.447. The van der Waals surface area contributed by atoms with Gasteiger partial charge in [-0.25, -0.2) is 0 Å². The highest BCUT2D eigenvalue weighted by Gasteiger charge is 2.52. The molecular formula is C11H20N2O. The molecule has 3 heterocycles. The summed E-state index contributed by atoms with van der Waals surface area (Å²) in [6, 6.07) is 1.94. The van der Waals surface area contributed by atoms with Gasteiger partial charge in [0, 0.05) is 31.3 Å². The van der Waals surface area contributed by atoms with Crippen molar-refractivity contribution in [3.05, 3.63) is 0 Å². The lowest BCUT2D eigenvalue weighted by atomic mass is 9.80. The summed E-state index contributed by atoms with van der Waals surface area (Å²) >= 11 is 0. The molecule has 3 nitrogen and oxygen atoms in total. The summed E-state index contributed by atoms with van der Waals surface area (Å²) in [4.78, 5) is 2.66. The molecule has 2 N–H and O–H groups in total. The molecule has 3 heteroatoms. The van der Waals surface area contributed by atoms with Crippen LogP contribution in [0.15, 0.2) is 0 Å². The van der Waals surface area contributed by atoms with E-state index in [0.717, 1.165) is 18.6 Å². The molecule has 0 radical (unpaired) electrons. The van der Waals surface area contributed by atoms with Crippen molar-refractivity contribution in [3.63, 3.8) is 0 Å². The Morgan fingerprint density at radius 3 is 2.79 bits per heavy atom. The van der Waals surface area contributed by atoms with E-state index < -0.39 is 0 Å². The van der Waals surface area contributed by atoms with Crippen molar-refractivity contribution in [2.24, 2.45) is 11.7 Å². The fourth-order valence-electron chi connectivity index (χ4n) is 3.40. The lowest BCUT2D eigenvalue weighted by Crippen LogP contribution is -2.52. The Morgan fingerprint density at radius 1 is 1.36 bits per heavy atom. The molecule has 0 amide bonds. The quantitative estimate of drug-likeness (QED) is 0.667. The molecule has 0 spiro atoms. The van der Waals surface area contributed by atoms with E-state index in [1.165, 1.54) is 25.8 Å². The molecule has 5 atom stereocenters. The zero-order chi connectivity index (χ0) is 9.71. The van der Waals surface area contributed by atoms with Gasteiger partial charge in [0.1, 0.15) is 0 Å². The van der Waals surface area contributed by atoms with Crippen LogP contribution in [0.4, 0.5) is 0 Å². The standard InChI is InChI=1S/C11H20N2O/c1-7-4-9(2-3-14-7)13-6-8-5-10(13)11(8)12/h7-11H,2-6,12H2,1H3. The summed E-state index contributed by atoms with van der Waals surface area (Å²) in [5.74, 6) is 0.804. The molecule has 3 aliphatic heterocycles. The van der Waals surface area contributed by atoms with Gasteiger partial charge >= 0.3 is 0 Å². The van der Waals surface area contributed by atoms with E-state index in [1.54, 1.807) is 0 Å². The smallest absolute Gasteiger partial charge is 0.0561 e. The normalized spacial score (nSPS) is 53.1. The zero-order valence-electron chi connectivity index (χ0n) is 8.86. The molecule has 0 aromatic rings. The van der Waals surface area contributed by atoms with E-state index in [1.807, 2.05) is 0 Å². The first kappa shape index (κ1) is 9.13. The van der Waals surface area contributed by atoms with Crippen LogP contribution in [-0.2, 0) is 4.74 Å². The average molecular weight is 196 g/mol. The van der Waals surface area contributed by atoms with Gasteiger partial charge in [0.25, 0.3) is 0 Å². The monoisotopic (exact) mass is 196 g/mol. The predicted octanol–water partition coefficient (Wildman–Crippen LogP) is 0.585. The van der Waals surface area contributed by atoms with Gasteiger partial charge in [-0.15, -0.1) is 0 Å². The van der Waals surface area contributed by atoms with Gasteiger partial charge in [-0.1, -0.05) is 0 Å². The average Bonchev–Trinajstić information content (AvgIpc) is 2.74. The van der Waals surface area contributed by atoms with Crippen LogP contribution in [0.5, 0.6) is 0 Å². The van der Waals surface area contributed by atoms with Crippen LogP contribution < -0.4 is 5.73 Å². The van der Waals surface area contributed by atoms with Gasteiger partial charge in [-0.2, -0.15) is 0 Å². The molecule has 14 heavy (non-hydrogen) atoms. The summed E-state index contributed by atoms with van der Waals surface area (Å²) < 4.78 is 5.59. The van der Waals surface area contributed by atoms with Gasteiger partial charge in [0.2, 0.25) is 0 Å². The molecule has 5 unspecified atom stereocenters. The summed E-state index contributed by atoms with van der Waals surface area (Å²) in [5.41, 5.74) is 6.09. The number of nitrogens with zero attached hydrogens (tertiary/aromatic N) is 1. The van der Waals surface area contributed by atoms with Crippen molar-refractivity contribution in [1.29, 1.82) is 0 Å². The maximum atomic E-state index is 6.09. The van der Waals surface area contributed by atoms with Crippen LogP contribution in [0.1, 0.15) is 26.2 Å². The second kappa shape index (κ2) is 3.19. The van der Waals surface area contributed by atoms with Crippen LogP contribution >= 0.6 is 0 Å². The molecule has 80 valence electrons. The highest BCUT2D eigenvalue weighted by atomic mass is 16.5. The number of hydrogen-bond acceptors (Lipinski definition) is 3. The molecule has 4 aliphatic rings. The van der Waals surface area contributed by atoms with Crippen molar-refractivity contribution in [1.82, 2.24) is 4.90 Å². The minimum Gasteiger partial charge on any atom is -0.378 e. The molecule has 0 aromatic carbocycles. The summed E-state index contributed by atoms with van der Waals surface area (Å²) in [6.07, 6.45) is 4.21. The fraction of sp³-hybridized carbons (Fsp3) is 1.00. The third-order valence-electron chi connectivity index (χ3n) is 4.33. The summed E-state index contributed by atoms with van der Waals surface area (Å²) in [5, 5.41) is 0. The predicted molar refractivity (Wildman–Crippen MR) is 55.0 cm³/mol. The van der Waals surface area contributed by atoms with Crippen molar-refractivity contribution >= 4 is 0 Å². The molecule has 1 saturated carbocycles. The molecule has 0 aromatic heterocycles. The Hall–Kier alpha value is -0.120. The SMILES string of the molecule is CC1CC(N2CC3CC2C3N)CCO1. The Balaban J connectivity index is 1.65. The van der Waals surface area contributed by atoms with E-state index in [-0.39, 0.29) is 0 Å². The van der Waals surface area contributed by atoms with Gasteiger partial charge in [0.15, 0.2) is 0 Å². The van der Waals surface area contributed by atoms with E-state index >= 15 is 0 Å². The van der Waals surface area contributed by atoms with E-state index in [2.05, 4.69) is 11.8 Å². The third kappa shape index (κ3) is 1.23. The Bertz CT molecular complexity index is 233. The maximum absolute atomic E-state index is 6.09. The van der Waals surface area contributed by atoms with Gasteiger partial charge in [0.05, 0.1) is 6.10 Å². The lowest BCUT2D eigenvalue weighted by molar-refractivity contribution is -0.0189. The molecule has 2 bridgehead atoms.